The molecule has 0 aliphatic heterocycles. The van der Waals surface area contributed by atoms with E-state index in [9.17, 15) is 13.2 Å². The smallest absolute Gasteiger partial charge is 0.387 e. The number of hydrogen-bond acceptors (Lipinski definition) is 3. The molecule has 0 fully saturated rings. The molecule has 1 aromatic carbocycles. The van der Waals surface area contributed by atoms with Gasteiger partial charge in [0.2, 0.25) is 0 Å². The van der Waals surface area contributed by atoms with Crippen molar-refractivity contribution in [1.29, 1.82) is 0 Å². The number of aliphatic imine (C=N–C) groups is 1. The van der Waals surface area contributed by atoms with Gasteiger partial charge in [0.15, 0.2) is 5.96 Å². The van der Waals surface area contributed by atoms with Crippen molar-refractivity contribution in [2.75, 3.05) is 7.05 Å². The zero-order chi connectivity index (χ0) is 20.8. The molecule has 1 heterocycles. The Balaban J connectivity index is 2.02. The van der Waals surface area contributed by atoms with Crippen molar-refractivity contribution in [2.45, 2.75) is 46.4 Å². The van der Waals surface area contributed by atoms with Crippen molar-refractivity contribution in [3.63, 3.8) is 0 Å². The average Bonchev–Trinajstić information content (AvgIpc) is 2.85. The van der Waals surface area contributed by atoms with Gasteiger partial charge in [-0.25, -0.2) is 4.39 Å². The highest BCUT2D eigenvalue weighted by Crippen LogP contribution is 2.23. The van der Waals surface area contributed by atoms with Gasteiger partial charge in [0.05, 0.1) is 5.69 Å². The molecule has 0 amide bonds. The fourth-order valence-corrected chi connectivity index (χ4v) is 2.99. The maximum absolute atomic E-state index is 14.1. The van der Waals surface area contributed by atoms with E-state index in [1.54, 1.807) is 7.05 Å². The highest BCUT2D eigenvalue weighted by molar-refractivity contribution is 5.80. The van der Waals surface area contributed by atoms with E-state index in [1.165, 1.54) is 18.2 Å². The Morgan fingerprint density at radius 3 is 2.57 bits per heavy atom. The monoisotopic (exact) mass is 397 g/mol. The van der Waals surface area contributed by atoms with Gasteiger partial charge in [0.25, 0.3) is 0 Å². The highest BCUT2D eigenvalue weighted by Gasteiger charge is 2.16. The van der Waals surface area contributed by atoms with E-state index in [2.05, 4.69) is 25.5 Å². The van der Waals surface area contributed by atoms with E-state index in [0.717, 1.165) is 23.4 Å². The third kappa shape index (κ3) is 5.40. The van der Waals surface area contributed by atoms with Gasteiger partial charge in [-0.1, -0.05) is 6.07 Å². The van der Waals surface area contributed by atoms with Crippen LogP contribution in [0.3, 0.4) is 0 Å². The number of nitrogens with one attached hydrogen (secondary N) is 2. The number of hydrogen-bond donors (Lipinski definition) is 2. The summed E-state index contributed by atoms with van der Waals surface area (Å²) in [7, 11) is 3.48. The van der Waals surface area contributed by atoms with E-state index in [-0.39, 0.29) is 23.9 Å². The van der Waals surface area contributed by atoms with Crippen LogP contribution < -0.4 is 15.4 Å². The molecule has 28 heavy (non-hydrogen) atoms. The van der Waals surface area contributed by atoms with Crippen molar-refractivity contribution < 1.29 is 17.9 Å². The molecule has 0 radical (unpaired) electrons. The molecule has 1 unspecified atom stereocenters. The summed E-state index contributed by atoms with van der Waals surface area (Å²) in [4.78, 5) is 4.12. The molecule has 0 saturated carbocycles. The number of ether oxygens (including phenoxy) is 1. The zero-order valence-electron chi connectivity index (χ0n) is 16.7. The number of aryl methyl sites for hydroxylation is 2. The lowest BCUT2D eigenvalue weighted by atomic mass is 10.1. The molecular weight excluding hydrogens is 371 g/mol. The average molecular weight is 397 g/mol. The van der Waals surface area contributed by atoms with E-state index in [0.29, 0.717) is 5.96 Å². The molecule has 2 aromatic rings. The van der Waals surface area contributed by atoms with Gasteiger partial charge in [0.1, 0.15) is 11.6 Å². The quantitative estimate of drug-likeness (QED) is 0.557. The Hall–Kier alpha value is -2.71. The second-order valence-corrected chi connectivity index (χ2v) is 6.54. The van der Waals surface area contributed by atoms with Gasteiger partial charge < -0.3 is 15.4 Å². The number of nitrogens with zero attached hydrogens (tertiary/aromatic N) is 3. The van der Waals surface area contributed by atoms with Crippen molar-refractivity contribution in [3.8, 4) is 5.75 Å². The lowest BCUT2D eigenvalue weighted by Crippen LogP contribution is -2.43. The van der Waals surface area contributed by atoms with Crippen LogP contribution in [0.4, 0.5) is 13.2 Å². The summed E-state index contributed by atoms with van der Waals surface area (Å²) in [5, 5.41) is 10.6. The van der Waals surface area contributed by atoms with Gasteiger partial charge >= 0.3 is 6.61 Å². The fourth-order valence-electron chi connectivity index (χ4n) is 2.99. The Bertz CT molecular complexity index is 835. The number of halogens is 3. The zero-order valence-corrected chi connectivity index (χ0v) is 16.7. The molecule has 154 valence electrons. The topological polar surface area (TPSA) is 63.5 Å². The lowest BCUT2D eigenvalue weighted by molar-refractivity contribution is -0.0506. The van der Waals surface area contributed by atoms with E-state index >= 15 is 0 Å². The first-order valence-electron chi connectivity index (χ1n) is 8.91. The van der Waals surface area contributed by atoms with Crippen molar-refractivity contribution in [1.82, 2.24) is 20.4 Å². The first-order valence-corrected chi connectivity index (χ1v) is 8.91. The fraction of sp³-hybridized carbons (Fsp3) is 0.474. The van der Waals surface area contributed by atoms with E-state index < -0.39 is 12.4 Å². The molecular formula is C19H26F3N5O. The van der Waals surface area contributed by atoms with Crippen molar-refractivity contribution in [2.24, 2.45) is 12.0 Å². The molecule has 0 spiro atoms. The normalized spacial score (nSPS) is 13.0. The number of rotatable bonds is 7. The maximum atomic E-state index is 14.1. The Morgan fingerprint density at radius 1 is 1.29 bits per heavy atom. The van der Waals surface area contributed by atoms with Crippen LogP contribution >= 0.6 is 0 Å². The van der Waals surface area contributed by atoms with Gasteiger partial charge in [0, 0.05) is 37.9 Å². The van der Waals surface area contributed by atoms with E-state index in [1.807, 2.05) is 32.5 Å². The van der Waals surface area contributed by atoms with Crippen LogP contribution in [0.1, 0.15) is 29.4 Å². The van der Waals surface area contributed by atoms with Gasteiger partial charge in [-0.05, 0) is 44.9 Å². The second-order valence-electron chi connectivity index (χ2n) is 6.54. The summed E-state index contributed by atoms with van der Waals surface area (Å²) in [6.07, 6.45) is 0.728. The molecule has 0 aliphatic carbocycles. The van der Waals surface area contributed by atoms with Gasteiger partial charge in [-0.2, -0.15) is 13.9 Å². The van der Waals surface area contributed by atoms with Crippen molar-refractivity contribution >= 4 is 5.96 Å². The highest BCUT2D eigenvalue weighted by atomic mass is 19.3. The predicted molar refractivity (Wildman–Crippen MR) is 102 cm³/mol. The van der Waals surface area contributed by atoms with Gasteiger partial charge in [-0.3, -0.25) is 9.67 Å². The summed E-state index contributed by atoms with van der Waals surface area (Å²) in [5.41, 5.74) is 3.23. The molecule has 1 aromatic heterocycles. The maximum Gasteiger partial charge on any atom is 0.387 e. The standard InChI is InChI=1S/C19H26F3N5O/c1-11(9-14-12(2)26-27(5)13(14)3)25-19(23-4)24-10-15-16(20)7-6-8-17(15)28-18(21)22/h6-8,11,18H,9-10H2,1-5H3,(H2,23,24,25). The number of guanidine groups is 1. The molecule has 0 aliphatic rings. The minimum Gasteiger partial charge on any atom is -0.434 e. The first-order chi connectivity index (χ1) is 13.2. The molecule has 2 N–H and O–H groups in total. The van der Waals surface area contributed by atoms with Crippen LogP contribution in [0.2, 0.25) is 0 Å². The molecule has 0 saturated heterocycles. The molecule has 1 atom stereocenters. The summed E-state index contributed by atoms with van der Waals surface area (Å²) < 4.78 is 45.4. The minimum absolute atomic E-state index is 0.0114. The van der Waals surface area contributed by atoms with E-state index in [4.69, 9.17) is 0 Å². The minimum atomic E-state index is -3.02. The summed E-state index contributed by atoms with van der Waals surface area (Å²) >= 11 is 0. The number of benzene rings is 1. The SMILES string of the molecule is CN=C(NCc1c(F)cccc1OC(F)F)NC(C)Cc1c(C)nn(C)c1C. The second kappa shape index (κ2) is 9.48. The summed E-state index contributed by atoms with van der Waals surface area (Å²) in [6, 6.07) is 3.84. The predicted octanol–water partition coefficient (Wildman–Crippen LogP) is 3.07. The lowest BCUT2D eigenvalue weighted by Gasteiger charge is -2.19. The Kier molecular flexibility index (Phi) is 7.31. The Morgan fingerprint density at radius 2 is 2.00 bits per heavy atom. The molecule has 6 nitrogen and oxygen atoms in total. The summed E-state index contributed by atoms with van der Waals surface area (Å²) in [6.45, 7) is 2.89. The van der Waals surface area contributed by atoms with Crippen LogP contribution in [0.5, 0.6) is 5.75 Å². The largest absolute Gasteiger partial charge is 0.434 e. The molecule has 2 rings (SSSR count). The third-order valence-corrected chi connectivity index (χ3v) is 4.50. The Labute approximate surface area is 162 Å². The molecule has 0 bridgehead atoms. The third-order valence-electron chi connectivity index (χ3n) is 4.50. The number of alkyl halides is 2. The number of aromatic nitrogens is 2. The summed E-state index contributed by atoms with van der Waals surface area (Å²) in [5.74, 6) is -0.402. The van der Waals surface area contributed by atoms with Crippen LogP contribution in [0.15, 0.2) is 23.2 Å². The van der Waals surface area contributed by atoms with Gasteiger partial charge in [-0.15, -0.1) is 0 Å². The first kappa shape index (κ1) is 21.6. The van der Waals surface area contributed by atoms with Crippen LogP contribution in [-0.2, 0) is 20.0 Å². The van der Waals surface area contributed by atoms with Crippen molar-refractivity contribution in [3.05, 3.63) is 46.5 Å². The molecule has 9 heteroatoms. The van der Waals surface area contributed by atoms with Crippen LogP contribution in [0, 0.1) is 19.7 Å². The van der Waals surface area contributed by atoms with Crippen LogP contribution in [-0.4, -0.2) is 35.4 Å². The van der Waals surface area contributed by atoms with Crippen LogP contribution in [0.25, 0.3) is 0 Å².